The first kappa shape index (κ1) is 15.1. The number of rotatable bonds is 8. The van der Waals surface area contributed by atoms with Crippen LogP contribution in [0.15, 0.2) is 36.4 Å². The van der Waals surface area contributed by atoms with Gasteiger partial charge in [0.05, 0.1) is 0 Å². The average Bonchev–Trinajstić information content (AvgIpc) is 2.49. The van der Waals surface area contributed by atoms with E-state index in [0.29, 0.717) is 0 Å². The fourth-order valence-corrected chi connectivity index (χ4v) is 2.81. The fraction of sp³-hybridized carbons (Fsp3) is 0.474. The molecule has 1 nitrogen and oxygen atoms in total. The van der Waals surface area contributed by atoms with Crippen molar-refractivity contribution in [1.29, 1.82) is 0 Å². The van der Waals surface area contributed by atoms with Crippen LogP contribution in [0, 0.1) is 0 Å². The van der Waals surface area contributed by atoms with Gasteiger partial charge in [-0.3, -0.25) is 0 Å². The number of fused-ring (bicyclic) bond motifs is 1. The van der Waals surface area contributed by atoms with Crippen molar-refractivity contribution in [3.05, 3.63) is 47.5 Å². The second-order valence-corrected chi connectivity index (χ2v) is 5.68. The van der Waals surface area contributed by atoms with Crippen LogP contribution in [0.3, 0.4) is 0 Å². The molecule has 2 aromatic carbocycles. The molecule has 20 heavy (non-hydrogen) atoms. The van der Waals surface area contributed by atoms with Crippen LogP contribution in [0.4, 0.5) is 0 Å². The third kappa shape index (κ3) is 4.08. The van der Waals surface area contributed by atoms with Crippen molar-refractivity contribution in [3.8, 4) is 0 Å². The van der Waals surface area contributed by atoms with Crippen LogP contribution in [0.5, 0.6) is 0 Å². The van der Waals surface area contributed by atoms with Crippen molar-refractivity contribution in [2.24, 2.45) is 5.73 Å². The number of hydrogen-bond donors (Lipinski definition) is 1. The van der Waals surface area contributed by atoms with Gasteiger partial charge in [-0.1, -0.05) is 62.6 Å². The molecule has 0 saturated heterocycles. The highest BCUT2D eigenvalue weighted by Gasteiger charge is 2.02. The van der Waals surface area contributed by atoms with Crippen molar-refractivity contribution >= 4 is 10.8 Å². The number of aryl methyl sites for hydroxylation is 2. The van der Waals surface area contributed by atoms with Gasteiger partial charge in [-0.2, -0.15) is 0 Å². The predicted octanol–water partition coefficient (Wildman–Crippen LogP) is 4.85. The summed E-state index contributed by atoms with van der Waals surface area (Å²) in [4.78, 5) is 0. The SMILES string of the molecule is CCCCCCc1ccc2cccc(CCCN)c2c1. The van der Waals surface area contributed by atoms with Crippen LogP contribution in [-0.2, 0) is 12.8 Å². The van der Waals surface area contributed by atoms with Crippen molar-refractivity contribution in [1.82, 2.24) is 0 Å². The molecule has 2 aromatic rings. The Morgan fingerprint density at radius 3 is 2.60 bits per heavy atom. The molecule has 0 spiro atoms. The summed E-state index contributed by atoms with van der Waals surface area (Å²) in [5.74, 6) is 0. The van der Waals surface area contributed by atoms with E-state index in [0.717, 1.165) is 19.4 Å². The molecule has 0 bridgehead atoms. The predicted molar refractivity (Wildman–Crippen MR) is 89.2 cm³/mol. The highest BCUT2D eigenvalue weighted by molar-refractivity contribution is 5.86. The molecular formula is C19H27N. The van der Waals surface area contributed by atoms with E-state index < -0.39 is 0 Å². The van der Waals surface area contributed by atoms with Gasteiger partial charge in [-0.25, -0.2) is 0 Å². The molecule has 0 aliphatic carbocycles. The largest absolute Gasteiger partial charge is 0.330 e. The molecule has 0 fully saturated rings. The number of benzene rings is 2. The monoisotopic (exact) mass is 269 g/mol. The van der Waals surface area contributed by atoms with Gasteiger partial charge in [0.15, 0.2) is 0 Å². The minimum absolute atomic E-state index is 0.771. The average molecular weight is 269 g/mol. The zero-order valence-corrected chi connectivity index (χ0v) is 12.7. The first-order valence-corrected chi connectivity index (χ1v) is 8.05. The van der Waals surface area contributed by atoms with Crippen LogP contribution in [-0.4, -0.2) is 6.54 Å². The Balaban J connectivity index is 2.13. The maximum Gasteiger partial charge on any atom is -0.00741 e. The molecule has 2 rings (SSSR count). The van der Waals surface area contributed by atoms with E-state index in [1.54, 1.807) is 0 Å². The van der Waals surface area contributed by atoms with Crippen molar-refractivity contribution in [2.75, 3.05) is 6.54 Å². The van der Waals surface area contributed by atoms with Crippen molar-refractivity contribution in [2.45, 2.75) is 51.9 Å². The first-order valence-electron chi connectivity index (χ1n) is 8.05. The topological polar surface area (TPSA) is 26.0 Å². The molecule has 0 aromatic heterocycles. The highest BCUT2D eigenvalue weighted by atomic mass is 14.5. The second-order valence-electron chi connectivity index (χ2n) is 5.68. The van der Waals surface area contributed by atoms with E-state index >= 15 is 0 Å². The number of hydrogen-bond acceptors (Lipinski definition) is 1. The summed E-state index contributed by atoms with van der Waals surface area (Å²) in [5.41, 5.74) is 8.57. The van der Waals surface area contributed by atoms with Crippen LogP contribution in [0.1, 0.15) is 50.2 Å². The summed E-state index contributed by atoms with van der Waals surface area (Å²) in [6, 6.07) is 13.6. The van der Waals surface area contributed by atoms with Gasteiger partial charge >= 0.3 is 0 Å². The molecule has 0 saturated carbocycles. The quantitative estimate of drug-likeness (QED) is 0.681. The highest BCUT2D eigenvalue weighted by Crippen LogP contribution is 2.22. The van der Waals surface area contributed by atoms with Gasteiger partial charge in [-0.15, -0.1) is 0 Å². The van der Waals surface area contributed by atoms with Crippen LogP contribution >= 0.6 is 0 Å². The van der Waals surface area contributed by atoms with Gasteiger partial charge < -0.3 is 5.73 Å². The lowest BCUT2D eigenvalue weighted by Gasteiger charge is -2.09. The first-order chi connectivity index (χ1) is 9.85. The molecule has 0 aliphatic heterocycles. The third-order valence-electron chi connectivity index (χ3n) is 4.01. The zero-order chi connectivity index (χ0) is 14.2. The standard InChI is InChI=1S/C19H27N/c1-2-3-4-5-8-16-12-13-18-10-6-9-17(11-7-14-20)19(18)15-16/h6,9-10,12-13,15H,2-5,7-8,11,14,20H2,1H3. The molecule has 0 heterocycles. The zero-order valence-electron chi connectivity index (χ0n) is 12.7. The van der Waals surface area contributed by atoms with Gasteiger partial charge in [0, 0.05) is 0 Å². The fourth-order valence-electron chi connectivity index (χ4n) is 2.81. The van der Waals surface area contributed by atoms with Gasteiger partial charge in [-0.05, 0) is 54.1 Å². The Kier molecular flexibility index (Phi) is 6.07. The molecule has 0 unspecified atom stereocenters. The normalized spacial score (nSPS) is 11.1. The Hall–Kier alpha value is -1.34. The summed E-state index contributed by atoms with van der Waals surface area (Å²) < 4.78 is 0. The molecule has 0 amide bonds. The summed E-state index contributed by atoms with van der Waals surface area (Å²) in [6.07, 6.45) is 8.69. The van der Waals surface area contributed by atoms with E-state index in [9.17, 15) is 0 Å². The maximum atomic E-state index is 5.64. The Morgan fingerprint density at radius 1 is 0.900 bits per heavy atom. The second kappa shape index (κ2) is 8.06. The molecule has 108 valence electrons. The maximum absolute atomic E-state index is 5.64. The van der Waals surface area contributed by atoms with Crippen LogP contribution in [0.2, 0.25) is 0 Å². The molecular weight excluding hydrogens is 242 g/mol. The lowest BCUT2D eigenvalue weighted by atomic mass is 9.97. The molecule has 0 atom stereocenters. The summed E-state index contributed by atoms with van der Waals surface area (Å²) in [7, 11) is 0. The number of unbranched alkanes of at least 4 members (excludes halogenated alkanes) is 3. The summed E-state index contributed by atoms with van der Waals surface area (Å²) >= 11 is 0. The van der Waals surface area contributed by atoms with E-state index in [1.807, 2.05) is 0 Å². The van der Waals surface area contributed by atoms with E-state index in [4.69, 9.17) is 5.73 Å². The van der Waals surface area contributed by atoms with Crippen molar-refractivity contribution < 1.29 is 0 Å². The van der Waals surface area contributed by atoms with Crippen LogP contribution < -0.4 is 5.73 Å². The Bertz CT molecular complexity index is 530. The smallest absolute Gasteiger partial charge is 0.00741 e. The lowest BCUT2D eigenvalue weighted by molar-refractivity contribution is 0.667. The summed E-state index contributed by atoms with van der Waals surface area (Å²) in [6.45, 7) is 3.03. The minimum atomic E-state index is 0.771. The third-order valence-corrected chi connectivity index (χ3v) is 4.01. The van der Waals surface area contributed by atoms with Crippen molar-refractivity contribution in [3.63, 3.8) is 0 Å². The van der Waals surface area contributed by atoms with E-state index in [1.165, 1.54) is 54.0 Å². The molecule has 0 aliphatic rings. The van der Waals surface area contributed by atoms with Crippen LogP contribution in [0.25, 0.3) is 10.8 Å². The van der Waals surface area contributed by atoms with E-state index in [-0.39, 0.29) is 0 Å². The van der Waals surface area contributed by atoms with Gasteiger partial charge in [0.1, 0.15) is 0 Å². The lowest BCUT2D eigenvalue weighted by Crippen LogP contribution is -2.00. The Morgan fingerprint density at radius 2 is 1.80 bits per heavy atom. The van der Waals surface area contributed by atoms with E-state index in [2.05, 4.69) is 43.3 Å². The minimum Gasteiger partial charge on any atom is -0.330 e. The molecule has 1 heteroatoms. The van der Waals surface area contributed by atoms with Gasteiger partial charge in [0.25, 0.3) is 0 Å². The summed E-state index contributed by atoms with van der Waals surface area (Å²) in [5, 5.41) is 2.78. The molecule has 0 radical (unpaired) electrons. The van der Waals surface area contributed by atoms with Gasteiger partial charge in [0.2, 0.25) is 0 Å². The molecule has 2 N–H and O–H groups in total. The number of nitrogens with two attached hydrogens (primary N) is 1. The Labute approximate surface area is 123 Å².